The van der Waals surface area contributed by atoms with Gasteiger partial charge in [-0.3, -0.25) is 4.79 Å². The number of halogens is 3. The quantitative estimate of drug-likeness (QED) is 0.344. The van der Waals surface area contributed by atoms with Crippen molar-refractivity contribution in [3.05, 3.63) is 64.7 Å². The minimum absolute atomic E-state index is 0.0577. The zero-order valence-electron chi connectivity index (χ0n) is 24.0. The molecule has 0 saturated carbocycles. The monoisotopic (exact) mass is 653 g/mol. The van der Waals surface area contributed by atoms with Crippen LogP contribution in [0.3, 0.4) is 0 Å². The van der Waals surface area contributed by atoms with Crippen LogP contribution in [0.1, 0.15) is 34.8 Å². The Morgan fingerprint density at radius 2 is 1.93 bits per heavy atom. The Morgan fingerprint density at radius 3 is 2.64 bits per heavy atom. The van der Waals surface area contributed by atoms with Crippen molar-refractivity contribution in [2.24, 2.45) is 0 Å². The Kier molecular flexibility index (Phi) is 8.52. The van der Waals surface area contributed by atoms with Crippen LogP contribution in [-0.2, 0) is 37.2 Å². The average Bonchev–Trinajstić information content (AvgIpc) is 3.34. The molecular formula is C28H30F3N5O6S2. The number of hydrogen-bond acceptors (Lipinski definition) is 10. The smallest absolute Gasteiger partial charge is 0.377 e. The van der Waals surface area contributed by atoms with Crippen molar-refractivity contribution >= 4 is 55.4 Å². The third-order valence-corrected chi connectivity index (χ3v) is 8.89. The summed E-state index contributed by atoms with van der Waals surface area (Å²) in [6.45, 7) is 5.53. The molecule has 1 saturated heterocycles. The standard InChI is InChI=1S/C28H30F3N5O6S2/c1-27(2)15-22-23(24(37)34-27)43-26(33-22)35-10-11-41-16-21(35)13-17-6-4-7-18(12-17)32-19-8-5-9-20(14-19)36(44(3,39)40)42-25(38)28(29,30)31/h4-9,12,14,21,32H,10-11,13,15-16H2,1-3H3,(H,34,37). The Bertz CT molecular complexity index is 1680. The van der Waals surface area contributed by atoms with Gasteiger partial charge in [0, 0.05) is 29.9 Å². The number of nitrogens with one attached hydrogen (secondary N) is 2. The van der Waals surface area contributed by atoms with Crippen molar-refractivity contribution in [1.82, 2.24) is 10.3 Å². The molecule has 0 radical (unpaired) electrons. The van der Waals surface area contributed by atoms with Gasteiger partial charge in [-0.1, -0.05) is 34.0 Å². The first-order valence-electron chi connectivity index (χ1n) is 13.5. The molecule has 2 aliphatic heterocycles. The van der Waals surface area contributed by atoms with E-state index in [2.05, 4.69) is 20.4 Å². The lowest BCUT2D eigenvalue weighted by molar-refractivity contribution is -0.199. The summed E-state index contributed by atoms with van der Waals surface area (Å²) in [4.78, 5) is 35.8. The number of aromatic nitrogens is 1. The lowest BCUT2D eigenvalue weighted by Gasteiger charge is -2.35. The predicted octanol–water partition coefficient (Wildman–Crippen LogP) is 4.19. The van der Waals surface area contributed by atoms with E-state index < -0.39 is 22.2 Å². The number of carbonyl (C=O) groups excluding carboxylic acids is 2. The molecule has 1 fully saturated rings. The number of thiazole rings is 1. The van der Waals surface area contributed by atoms with E-state index in [0.29, 0.717) is 55.1 Å². The number of hydrogen-bond donors (Lipinski definition) is 2. The van der Waals surface area contributed by atoms with Crippen LogP contribution in [-0.4, -0.2) is 69.0 Å². The molecule has 3 aromatic rings. The van der Waals surface area contributed by atoms with E-state index in [9.17, 15) is 31.2 Å². The normalized spacial score (nSPS) is 18.3. The van der Waals surface area contributed by atoms with Crippen molar-refractivity contribution in [3.8, 4) is 0 Å². The topological polar surface area (TPSA) is 130 Å². The van der Waals surface area contributed by atoms with Gasteiger partial charge in [0.1, 0.15) is 4.88 Å². The Balaban J connectivity index is 1.33. The Hall–Kier alpha value is -3.89. The second kappa shape index (κ2) is 11.9. The zero-order chi connectivity index (χ0) is 31.9. The SMILES string of the molecule is CC1(C)Cc2nc(N3CCOCC3Cc3cccc(Nc4cccc(N(OC(=O)C(F)(F)F)S(C)(=O)=O)c4)c3)sc2C(=O)N1. The first kappa shape index (κ1) is 31.5. The van der Waals surface area contributed by atoms with E-state index in [4.69, 9.17) is 9.72 Å². The molecule has 1 atom stereocenters. The van der Waals surface area contributed by atoms with Gasteiger partial charge in [-0.2, -0.15) is 13.2 Å². The molecule has 1 aromatic heterocycles. The van der Waals surface area contributed by atoms with E-state index in [-0.39, 0.29) is 27.6 Å². The summed E-state index contributed by atoms with van der Waals surface area (Å²) in [5, 5.41) is 6.90. The molecule has 0 aliphatic carbocycles. The molecule has 1 amide bonds. The van der Waals surface area contributed by atoms with Gasteiger partial charge in [-0.05, 0) is 56.2 Å². The van der Waals surface area contributed by atoms with E-state index in [0.717, 1.165) is 16.4 Å². The summed E-state index contributed by atoms with van der Waals surface area (Å²) in [5.41, 5.74) is 2.04. The highest BCUT2D eigenvalue weighted by atomic mass is 32.2. The largest absolute Gasteiger partial charge is 0.493 e. The predicted molar refractivity (Wildman–Crippen MR) is 159 cm³/mol. The van der Waals surface area contributed by atoms with Crippen LogP contribution in [0.2, 0.25) is 0 Å². The van der Waals surface area contributed by atoms with Crippen LogP contribution >= 0.6 is 11.3 Å². The molecule has 1 unspecified atom stereocenters. The second-order valence-electron chi connectivity index (χ2n) is 11.2. The molecule has 16 heteroatoms. The molecular weight excluding hydrogens is 623 g/mol. The molecule has 2 aliphatic rings. The molecule has 11 nitrogen and oxygen atoms in total. The van der Waals surface area contributed by atoms with Gasteiger partial charge in [0.05, 0.1) is 36.9 Å². The molecule has 236 valence electrons. The van der Waals surface area contributed by atoms with Crippen molar-refractivity contribution in [2.45, 2.75) is 44.4 Å². The highest BCUT2D eigenvalue weighted by Gasteiger charge is 2.44. The van der Waals surface area contributed by atoms with E-state index in [1.807, 2.05) is 32.0 Å². The molecule has 44 heavy (non-hydrogen) atoms. The minimum atomic E-state index is -5.39. The molecule has 2 N–H and O–H groups in total. The number of carbonyl (C=O) groups is 2. The third kappa shape index (κ3) is 7.25. The summed E-state index contributed by atoms with van der Waals surface area (Å²) in [5.74, 6) is -2.79. The lowest BCUT2D eigenvalue weighted by Crippen LogP contribution is -2.48. The first-order valence-corrected chi connectivity index (χ1v) is 16.2. The van der Waals surface area contributed by atoms with Gasteiger partial charge < -0.3 is 25.1 Å². The van der Waals surface area contributed by atoms with Gasteiger partial charge in [-0.15, -0.1) is 0 Å². The number of nitrogens with zero attached hydrogens (tertiary/aromatic N) is 3. The number of ether oxygens (including phenoxy) is 1. The van der Waals surface area contributed by atoms with Gasteiger partial charge in [-0.25, -0.2) is 18.2 Å². The zero-order valence-corrected chi connectivity index (χ0v) is 25.6. The number of benzene rings is 2. The van der Waals surface area contributed by atoms with Crippen LogP contribution < -0.4 is 20.0 Å². The molecule has 5 rings (SSSR count). The summed E-state index contributed by atoms with van der Waals surface area (Å²) in [7, 11) is -4.40. The van der Waals surface area contributed by atoms with Crippen LogP contribution in [0.25, 0.3) is 0 Å². The molecule has 2 aromatic carbocycles. The highest BCUT2D eigenvalue weighted by molar-refractivity contribution is 7.91. The summed E-state index contributed by atoms with van der Waals surface area (Å²) >= 11 is 1.37. The van der Waals surface area contributed by atoms with Crippen LogP contribution in [0.5, 0.6) is 0 Å². The number of amides is 1. The Labute approximate surface area is 256 Å². The van der Waals surface area contributed by atoms with E-state index >= 15 is 0 Å². The van der Waals surface area contributed by atoms with Gasteiger partial charge >= 0.3 is 12.1 Å². The van der Waals surface area contributed by atoms with Gasteiger partial charge in [0.15, 0.2) is 5.13 Å². The van der Waals surface area contributed by atoms with Gasteiger partial charge in [0.25, 0.3) is 15.9 Å². The maximum absolute atomic E-state index is 12.8. The van der Waals surface area contributed by atoms with Crippen LogP contribution in [0.4, 0.5) is 35.4 Å². The van der Waals surface area contributed by atoms with E-state index in [1.54, 1.807) is 12.1 Å². The number of anilines is 4. The summed E-state index contributed by atoms with van der Waals surface area (Å²) in [6, 6.07) is 12.8. The number of morpholine rings is 1. The first-order chi connectivity index (χ1) is 20.6. The Morgan fingerprint density at radius 1 is 1.23 bits per heavy atom. The highest BCUT2D eigenvalue weighted by Crippen LogP contribution is 2.34. The molecule has 3 heterocycles. The maximum Gasteiger partial charge on any atom is 0.493 e. The number of rotatable bonds is 8. The average molecular weight is 654 g/mol. The number of sulfonamides is 1. The second-order valence-corrected chi connectivity index (χ2v) is 13.9. The fourth-order valence-corrected chi connectivity index (χ4v) is 6.79. The van der Waals surface area contributed by atoms with Gasteiger partial charge in [0.2, 0.25) is 0 Å². The van der Waals surface area contributed by atoms with Crippen molar-refractivity contribution in [1.29, 1.82) is 0 Å². The molecule has 0 bridgehead atoms. The summed E-state index contributed by atoms with van der Waals surface area (Å²) in [6.07, 6.45) is -3.54. The fraction of sp³-hybridized carbons (Fsp3) is 0.393. The van der Waals surface area contributed by atoms with Crippen LogP contribution in [0.15, 0.2) is 48.5 Å². The minimum Gasteiger partial charge on any atom is -0.377 e. The third-order valence-electron chi connectivity index (χ3n) is 6.87. The number of alkyl halides is 3. The number of fused-ring (bicyclic) bond motifs is 1. The van der Waals surface area contributed by atoms with Crippen molar-refractivity contribution in [2.75, 3.05) is 40.7 Å². The van der Waals surface area contributed by atoms with E-state index in [1.165, 1.54) is 29.5 Å². The summed E-state index contributed by atoms with van der Waals surface area (Å²) < 4.78 is 68.3. The van der Waals surface area contributed by atoms with Crippen LogP contribution in [0, 0.1) is 0 Å². The molecule has 0 spiro atoms. The van der Waals surface area contributed by atoms with Crippen molar-refractivity contribution in [3.63, 3.8) is 0 Å². The van der Waals surface area contributed by atoms with Crippen molar-refractivity contribution < 1.29 is 40.8 Å². The fourth-order valence-electron chi connectivity index (χ4n) is 5.01. The lowest BCUT2D eigenvalue weighted by atomic mass is 9.94. The maximum atomic E-state index is 12.8.